The van der Waals surface area contributed by atoms with E-state index in [4.69, 9.17) is 21.1 Å². The maximum absolute atomic E-state index is 10.4. The molecule has 0 radical (unpaired) electrons. The van der Waals surface area contributed by atoms with Crippen LogP contribution in [0.15, 0.2) is 42.5 Å². The van der Waals surface area contributed by atoms with E-state index in [9.17, 15) is 25.5 Å². The molecule has 0 bridgehead atoms. The Bertz CT molecular complexity index is 909. The second-order valence-electron chi connectivity index (χ2n) is 8.95. The lowest BCUT2D eigenvalue weighted by molar-refractivity contribution is -0.231. The van der Waals surface area contributed by atoms with Gasteiger partial charge >= 0.3 is 0 Å². The van der Waals surface area contributed by atoms with Gasteiger partial charge in [0.05, 0.1) is 6.61 Å². The Balaban J connectivity index is 1.65. The standard InChI is InChI=1S/C25H34ClNO7/c1-14(2)27-11-18(29)13-33-19-6-3-15(4-7-19)9-17-10-16(5-8-20(17)26)25-24(32)23(31)22(30)21(12-28)34-25/h3-8,10,14,18,21-25,27-32H,9,11-13H2,1-2H3/t18-,21+,22+,23-,24+,25-/m0/s1. The van der Waals surface area contributed by atoms with E-state index in [1.165, 1.54) is 0 Å². The fourth-order valence-electron chi connectivity index (χ4n) is 3.83. The average molecular weight is 496 g/mol. The van der Waals surface area contributed by atoms with Crippen LogP contribution in [0.5, 0.6) is 5.75 Å². The first-order chi connectivity index (χ1) is 16.2. The number of halogens is 1. The van der Waals surface area contributed by atoms with Gasteiger partial charge in [-0.3, -0.25) is 0 Å². The van der Waals surface area contributed by atoms with Gasteiger partial charge in [-0.15, -0.1) is 0 Å². The Morgan fingerprint density at radius 1 is 1.03 bits per heavy atom. The fraction of sp³-hybridized carbons (Fsp3) is 0.520. The van der Waals surface area contributed by atoms with Gasteiger partial charge in [0.2, 0.25) is 0 Å². The van der Waals surface area contributed by atoms with E-state index >= 15 is 0 Å². The monoisotopic (exact) mass is 495 g/mol. The zero-order valence-corrected chi connectivity index (χ0v) is 20.1. The van der Waals surface area contributed by atoms with Gasteiger partial charge in [-0.05, 0) is 41.3 Å². The molecular weight excluding hydrogens is 462 g/mol. The predicted octanol–water partition coefficient (Wildman–Crippen LogP) is 1.18. The molecule has 0 saturated carbocycles. The molecule has 1 aliphatic heterocycles. The number of aliphatic hydroxyl groups is 5. The summed E-state index contributed by atoms with van der Waals surface area (Å²) in [6.07, 6.45) is -6.20. The second-order valence-corrected chi connectivity index (χ2v) is 9.36. The molecule has 9 heteroatoms. The van der Waals surface area contributed by atoms with Crippen LogP contribution in [0.1, 0.15) is 36.6 Å². The number of benzene rings is 2. The van der Waals surface area contributed by atoms with Gasteiger partial charge < -0.3 is 40.3 Å². The quantitative estimate of drug-likeness (QED) is 0.290. The van der Waals surface area contributed by atoms with Crippen LogP contribution in [0, 0.1) is 0 Å². The number of hydrogen-bond acceptors (Lipinski definition) is 8. The SMILES string of the molecule is CC(C)NC[C@H](O)COc1ccc(Cc2cc([C@@H]3O[C@H](CO)[C@@H](O)[C@H](O)[C@H]3O)ccc2Cl)cc1. The van der Waals surface area contributed by atoms with Crippen LogP contribution in [0.2, 0.25) is 5.02 Å². The summed E-state index contributed by atoms with van der Waals surface area (Å²) in [4.78, 5) is 0. The zero-order valence-electron chi connectivity index (χ0n) is 19.3. The van der Waals surface area contributed by atoms with Crippen LogP contribution in [0.4, 0.5) is 0 Å². The summed E-state index contributed by atoms with van der Waals surface area (Å²) in [5.74, 6) is 0.647. The number of aliphatic hydroxyl groups excluding tert-OH is 5. The Morgan fingerprint density at radius 3 is 2.38 bits per heavy atom. The van der Waals surface area contributed by atoms with Crippen molar-refractivity contribution in [3.8, 4) is 5.75 Å². The van der Waals surface area contributed by atoms with Crippen molar-refractivity contribution in [2.45, 2.75) is 62.9 Å². The van der Waals surface area contributed by atoms with Crippen molar-refractivity contribution in [3.63, 3.8) is 0 Å². The Hall–Kier alpha value is -1.75. The van der Waals surface area contributed by atoms with Gasteiger partial charge in [-0.2, -0.15) is 0 Å². The molecule has 1 heterocycles. The summed E-state index contributed by atoms with van der Waals surface area (Å²) < 4.78 is 11.3. The van der Waals surface area contributed by atoms with Crippen LogP contribution in [-0.4, -0.2) is 81.9 Å². The van der Waals surface area contributed by atoms with E-state index in [1.54, 1.807) is 18.2 Å². The minimum absolute atomic E-state index is 0.187. The van der Waals surface area contributed by atoms with E-state index < -0.39 is 43.2 Å². The molecule has 1 saturated heterocycles. The molecule has 1 aliphatic rings. The van der Waals surface area contributed by atoms with Crippen LogP contribution >= 0.6 is 11.6 Å². The minimum Gasteiger partial charge on any atom is -0.491 e. The van der Waals surface area contributed by atoms with Crippen molar-refractivity contribution in [2.24, 2.45) is 0 Å². The molecule has 0 spiro atoms. The van der Waals surface area contributed by atoms with E-state index in [1.807, 2.05) is 38.1 Å². The molecule has 6 N–H and O–H groups in total. The summed E-state index contributed by atoms with van der Waals surface area (Å²) >= 11 is 6.41. The zero-order chi connectivity index (χ0) is 24.8. The molecular formula is C25H34ClNO7. The van der Waals surface area contributed by atoms with Crippen LogP contribution in [-0.2, 0) is 11.2 Å². The van der Waals surface area contributed by atoms with Crippen molar-refractivity contribution in [2.75, 3.05) is 19.8 Å². The summed E-state index contributed by atoms with van der Waals surface area (Å²) in [6, 6.07) is 12.9. The lowest BCUT2D eigenvalue weighted by Crippen LogP contribution is -2.55. The number of ether oxygens (including phenoxy) is 2. The molecule has 6 atom stereocenters. The number of hydrogen-bond donors (Lipinski definition) is 6. The Morgan fingerprint density at radius 2 is 1.74 bits per heavy atom. The van der Waals surface area contributed by atoms with Crippen LogP contribution < -0.4 is 10.1 Å². The van der Waals surface area contributed by atoms with Crippen molar-refractivity contribution < 1.29 is 35.0 Å². The average Bonchev–Trinajstić information content (AvgIpc) is 2.82. The molecule has 2 aromatic rings. The third-order valence-electron chi connectivity index (χ3n) is 5.81. The predicted molar refractivity (Wildman–Crippen MR) is 128 cm³/mol. The second kappa shape index (κ2) is 12.3. The van der Waals surface area contributed by atoms with Gasteiger partial charge in [0, 0.05) is 17.6 Å². The molecule has 3 rings (SSSR count). The molecule has 0 unspecified atom stereocenters. The van der Waals surface area contributed by atoms with Gasteiger partial charge in [-0.1, -0.05) is 49.7 Å². The lowest BCUT2D eigenvalue weighted by atomic mass is 9.90. The number of nitrogens with one attached hydrogen (secondary N) is 1. The van der Waals surface area contributed by atoms with Crippen molar-refractivity contribution >= 4 is 11.6 Å². The third kappa shape index (κ3) is 6.90. The molecule has 34 heavy (non-hydrogen) atoms. The first kappa shape index (κ1) is 26.8. The highest BCUT2D eigenvalue weighted by atomic mass is 35.5. The lowest BCUT2D eigenvalue weighted by Gasteiger charge is -2.40. The fourth-order valence-corrected chi connectivity index (χ4v) is 4.02. The highest BCUT2D eigenvalue weighted by Gasteiger charge is 2.44. The normalized spacial score (nSPS) is 26.0. The van der Waals surface area contributed by atoms with Gasteiger partial charge in [0.25, 0.3) is 0 Å². The highest BCUT2D eigenvalue weighted by molar-refractivity contribution is 6.31. The maximum atomic E-state index is 10.4. The molecule has 0 aliphatic carbocycles. The van der Waals surface area contributed by atoms with E-state index in [0.717, 1.165) is 11.1 Å². The van der Waals surface area contributed by atoms with Crippen molar-refractivity contribution in [1.29, 1.82) is 0 Å². The molecule has 1 fully saturated rings. The molecule has 0 amide bonds. The maximum Gasteiger partial charge on any atom is 0.119 e. The van der Waals surface area contributed by atoms with Crippen LogP contribution in [0.25, 0.3) is 0 Å². The van der Waals surface area contributed by atoms with E-state index in [0.29, 0.717) is 35.3 Å². The largest absolute Gasteiger partial charge is 0.491 e. The smallest absolute Gasteiger partial charge is 0.119 e. The molecule has 0 aromatic heterocycles. The summed E-state index contributed by atoms with van der Waals surface area (Å²) in [6.45, 7) is 4.18. The van der Waals surface area contributed by atoms with Gasteiger partial charge in [0.1, 0.15) is 49.0 Å². The number of rotatable bonds is 10. The van der Waals surface area contributed by atoms with E-state index in [2.05, 4.69) is 5.32 Å². The van der Waals surface area contributed by atoms with Crippen LogP contribution in [0.3, 0.4) is 0 Å². The first-order valence-corrected chi connectivity index (χ1v) is 11.8. The van der Waals surface area contributed by atoms with Crippen molar-refractivity contribution in [1.82, 2.24) is 5.32 Å². The Kier molecular flexibility index (Phi) is 9.70. The molecule has 188 valence electrons. The van der Waals surface area contributed by atoms with Gasteiger partial charge in [-0.25, -0.2) is 0 Å². The summed E-state index contributed by atoms with van der Waals surface area (Å²) in [5.41, 5.74) is 2.35. The topological polar surface area (TPSA) is 132 Å². The first-order valence-electron chi connectivity index (χ1n) is 11.4. The summed E-state index contributed by atoms with van der Waals surface area (Å²) in [7, 11) is 0. The van der Waals surface area contributed by atoms with E-state index in [-0.39, 0.29) is 6.61 Å². The minimum atomic E-state index is -1.44. The Labute approximate surface area is 204 Å². The van der Waals surface area contributed by atoms with Gasteiger partial charge in [0.15, 0.2) is 0 Å². The van der Waals surface area contributed by atoms with Crippen molar-refractivity contribution in [3.05, 3.63) is 64.2 Å². The molecule has 2 aromatic carbocycles. The summed E-state index contributed by atoms with van der Waals surface area (Å²) in [5, 5.41) is 53.6. The highest BCUT2D eigenvalue weighted by Crippen LogP contribution is 2.34. The third-order valence-corrected chi connectivity index (χ3v) is 6.18. The molecule has 8 nitrogen and oxygen atoms in total.